The molecule has 0 spiro atoms. The lowest BCUT2D eigenvalue weighted by molar-refractivity contribution is 0.474. The van der Waals surface area contributed by atoms with Gasteiger partial charge in [0.2, 0.25) is 0 Å². The molecule has 0 bridgehead atoms. The number of fused-ring (bicyclic) bond motifs is 1. The van der Waals surface area contributed by atoms with Crippen molar-refractivity contribution in [2.24, 2.45) is 0 Å². The lowest BCUT2D eigenvalue weighted by atomic mass is 9.94. The minimum atomic E-state index is 0.453. The van der Waals surface area contributed by atoms with Gasteiger partial charge in [-0.1, -0.05) is 24.6 Å². The maximum atomic E-state index is 9.37. The van der Waals surface area contributed by atoms with E-state index >= 15 is 0 Å². The molecule has 3 rings (SSSR count). The van der Waals surface area contributed by atoms with Crippen LogP contribution in [0.15, 0.2) is 30.5 Å². The molecule has 3 nitrogen and oxygen atoms in total. The predicted octanol–water partition coefficient (Wildman–Crippen LogP) is 4.19. The highest BCUT2D eigenvalue weighted by Crippen LogP contribution is 2.32. The first-order valence-corrected chi connectivity index (χ1v) is 8.67. The highest BCUT2D eigenvalue weighted by atomic mass is 32.2. The Labute approximate surface area is 129 Å². The summed E-state index contributed by atoms with van der Waals surface area (Å²) >= 11 is 1.96. The first kappa shape index (κ1) is 14.2. The van der Waals surface area contributed by atoms with E-state index in [0.717, 1.165) is 21.8 Å². The number of nitrogens with zero attached hydrogens (tertiary/aromatic N) is 2. The summed E-state index contributed by atoms with van der Waals surface area (Å²) in [4.78, 5) is 4.37. The van der Waals surface area contributed by atoms with Crippen molar-refractivity contribution < 1.29 is 0 Å². The number of thioether (sulfide) groups is 1. The largest absolute Gasteiger partial charge is 0.381 e. The standard InChI is InChI=1S/C17H19N3S/c1-21-14-6-4-5-13(9-14)20-17-12(10-18)11-19-16-8-3-2-7-15(16)17/h2-3,7-8,11,13-14H,4-6,9H2,1H3,(H,19,20). The van der Waals surface area contributed by atoms with Crippen LogP contribution in [0.2, 0.25) is 0 Å². The van der Waals surface area contributed by atoms with Crippen molar-refractivity contribution in [1.82, 2.24) is 4.98 Å². The third kappa shape index (κ3) is 2.98. The molecule has 1 aliphatic rings. The van der Waals surface area contributed by atoms with E-state index in [0.29, 0.717) is 11.6 Å². The number of nitriles is 1. The highest BCUT2D eigenvalue weighted by Gasteiger charge is 2.22. The predicted molar refractivity (Wildman–Crippen MR) is 89.6 cm³/mol. The van der Waals surface area contributed by atoms with Crippen molar-refractivity contribution in [2.75, 3.05) is 11.6 Å². The number of pyridine rings is 1. The van der Waals surface area contributed by atoms with E-state index in [-0.39, 0.29) is 0 Å². The van der Waals surface area contributed by atoms with Crippen molar-refractivity contribution in [3.63, 3.8) is 0 Å². The quantitative estimate of drug-likeness (QED) is 0.922. The molecule has 0 saturated heterocycles. The van der Waals surface area contributed by atoms with Gasteiger partial charge in [-0.05, 0) is 31.6 Å². The molecule has 2 atom stereocenters. The van der Waals surface area contributed by atoms with E-state index in [2.05, 4.69) is 22.6 Å². The van der Waals surface area contributed by atoms with Gasteiger partial charge < -0.3 is 5.32 Å². The molecule has 1 aliphatic carbocycles. The number of nitrogens with one attached hydrogen (secondary N) is 1. The molecule has 1 fully saturated rings. The maximum Gasteiger partial charge on any atom is 0.103 e. The van der Waals surface area contributed by atoms with Gasteiger partial charge in [-0.3, -0.25) is 4.98 Å². The van der Waals surface area contributed by atoms with Gasteiger partial charge in [0, 0.05) is 22.9 Å². The van der Waals surface area contributed by atoms with Crippen LogP contribution in [-0.2, 0) is 0 Å². The molecule has 0 radical (unpaired) electrons. The zero-order valence-corrected chi connectivity index (χ0v) is 13.0. The van der Waals surface area contributed by atoms with Crippen LogP contribution in [0.3, 0.4) is 0 Å². The molecule has 0 amide bonds. The van der Waals surface area contributed by atoms with E-state index in [4.69, 9.17) is 0 Å². The number of anilines is 1. The average molecular weight is 297 g/mol. The fraction of sp³-hybridized carbons (Fsp3) is 0.412. The highest BCUT2D eigenvalue weighted by molar-refractivity contribution is 7.99. The summed E-state index contributed by atoms with van der Waals surface area (Å²) in [6.45, 7) is 0. The van der Waals surface area contributed by atoms with Crippen LogP contribution in [0.5, 0.6) is 0 Å². The van der Waals surface area contributed by atoms with Gasteiger partial charge in [-0.2, -0.15) is 17.0 Å². The van der Waals surface area contributed by atoms with Gasteiger partial charge in [-0.25, -0.2) is 0 Å². The van der Waals surface area contributed by atoms with E-state index in [9.17, 15) is 5.26 Å². The minimum Gasteiger partial charge on any atom is -0.381 e. The summed E-state index contributed by atoms with van der Waals surface area (Å²) < 4.78 is 0. The summed E-state index contributed by atoms with van der Waals surface area (Å²) in [5.74, 6) is 0. The van der Waals surface area contributed by atoms with Crippen LogP contribution in [0.1, 0.15) is 31.2 Å². The lowest BCUT2D eigenvalue weighted by Gasteiger charge is -2.30. The molecule has 21 heavy (non-hydrogen) atoms. The lowest BCUT2D eigenvalue weighted by Crippen LogP contribution is -2.29. The van der Waals surface area contributed by atoms with Gasteiger partial charge in [0.15, 0.2) is 0 Å². The van der Waals surface area contributed by atoms with Crippen molar-refractivity contribution >= 4 is 28.4 Å². The zero-order valence-electron chi connectivity index (χ0n) is 12.2. The number of para-hydroxylation sites is 1. The molecule has 1 saturated carbocycles. The van der Waals surface area contributed by atoms with E-state index in [1.165, 1.54) is 25.7 Å². The Morgan fingerprint density at radius 3 is 3.00 bits per heavy atom. The van der Waals surface area contributed by atoms with E-state index < -0.39 is 0 Å². The van der Waals surface area contributed by atoms with Crippen LogP contribution in [0.4, 0.5) is 5.69 Å². The molecule has 2 unspecified atom stereocenters. The average Bonchev–Trinajstić information content (AvgIpc) is 2.55. The smallest absolute Gasteiger partial charge is 0.103 e. The maximum absolute atomic E-state index is 9.37. The number of hydrogen-bond donors (Lipinski definition) is 1. The molecular weight excluding hydrogens is 278 g/mol. The summed E-state index contributed by atoms with van der Waals surface area (Å²) in [6.07, 6.45) is 8.78. The van der Waals surface area contributed by atoms with Gasteiger partial charge in [0.1, 0.15) is 6.07 Å². The number of rotatable bonds is 3. The fourth-order valence-corrected chi connectivity index (χ4v) is 3.90. The van der Waals surface area contributed by atoms with Crippen LogP contribution >= 0.6 is 11.8 Å². The molecule has 108 valence electrons. The summed E-state index contributed by atoms with van der Waals surface area (Å²) in [5, 5.41) is 14.8. The molecule has 4 heteroatoms. The van der Waals surface area contributed by atoms with Crippen molar-refractivity contribution in [3.8, 4) is 6.07 Å². The van der Waals surface area contributed by atoms with Crippen molar-refractivity contribution in [1.29, 1.82) is 5.26 Å². The molecular formula is C17H19N3S. The first-order valence-electron chi connectivity index (χ1n) is 7.39. The Morgan fingerprint density at radius 1 is 1.33 bits per heavy atom. The first-order chi connectivity index (χ1) is 10.3. The van der Waals surface area contributed by atoms with Crippen LogP contribution < -0.4 is 5.32 Å². The second-order valence-electron chi connectivity index (χ2n) is 5.54. The van der Waals surface area contributed by atoms with Crippen molar-refractivity contribution in [3.05, 3.63) is 36.0 Å². The van der Waals surface area contributed by atoms with E-state index in [1.807, 2.05) is 36.0 Å². The Hall–Kier alpha value is -1.73. The second kappa shape index (κ2) is 6.36. The Balaban J connectivity index is 1.94. The van der Waals surface area contributed by atoms with Crippen LogP contribution in [0, 0.1) is 11.3 Å². The number of hydrogen-bond acceptors (Lipinski definition) is 4. The monoisotopic (exact) mass is 297 g/mol. The number of benzene rings is 1. The summed E-state index contributed by atoms with van der Waals surface area (Å²) in [5.41, 5.74) is 2.53. The fourth-order valence-electron chi connectivity index (χ4n) is 3.08. The molecule has 1 N–H and O–H groups in total. The normalized spacial score (nSPS) is 21.9. The van der Waals surface area contributed by atoms with Gasteiger partial charge in [0.25, 0.3) is 0 Å². The van der Waals surface area contributed by atoms with Crippen LogP contribution in [-0.4, -0.2) is 22.5 Å². The summed E-state index contributed by atoms with van der Waals surface area (Å²) in [7, 11) is 0. The zero-order chi connectivity index (χ0) is 14.7. The molecule has 0 aliphatic heterocycles. The molecule has 2 aromatic rings. The van der Waals surface area contributed by atoms with Crippen LogP contribution in [0.25, 0.3) is 10.9 Å². The van der Waals surface area contributed by atoms with Crippen molar-refractivity contribution in [2.45, 2.75) is 37.0 Å². The Morgan fingerprint density at radius 2 is 2.19 bits per heavy atom. The number of aromatic nitrogens is 1. The van der Waals surface area contributed by atoms with E-state index in [1.54, 1.807) is 6.20 Å². The molecule has 1 aromatic heterocycles. The molecule has 1 heterocycles. The van der Waals surface area contributed by atoms with Gasteiger partial charge in [-0.15, -0.1) is 0 Å². The third-order valence-electron chi connectivity index (χ3n) is 4.20. The third-order valence-corrected chi connectivity index (χ3v) is 5.30. The topological polar surface area (TPSA) is 48.7 Å². The SMILES string of the molecule is CSC1CCCC(Nc2c(C#N)cnc3ccccc23)C1. The molecule has 1 aromatic carbocycles. The van der Waals surface area contributed by atoms with Gasteiger partial charge >= 0.3 is 0 Å². The summed E-state index contributed by atoms with van der Waals surface area (Å²) in [6, 6.07) is 10.7. The Kier molecular flexibility index (Phi) is 4.31. The Bertz CT molecular complexity index is 677. The van der Waals surface area contributed by atoms with Gasteiger partial charge in [0.05, 0.1) is 16.8 Å². The minimum absolute atomic E-state index is 0.453. The second-order valence-corrected chi connectivity index (χ2v) is 6.68.